The summed E-state index contributed by atoms with van der Waals surface area (Å²) in [5, 5.41) is 3.75. The molecule has 4 heterocycles. The molecule has 0 aliphatic carbocycles. The molecule has 10 heteroatoms. The number of halogens is 3. The Balaban J connectivity index is 1.45. The Labute approximate surface area is 158 Å². The van der Waals surface area contributed by atoms with Crippen LogP contribution in [0, 0.1) is 6.92 Å². The molecule has 7 nitrogen and oxygen atoms in total. The van der Waals surface area contributed by atoms with E-state index in [0.29, 0.717) is 30.6 Å². The van der Waals surface area contributed by atoms with Gasteiger partial charge >= 0.3 is 6.18 Å². The Kier molecular flexibility index (Phi) is 4.35. The van der Waals surface area contributed by atoms with Crippen molar-refractivity contribution in [3.05, 3.63) is 41.1 Å². The van der Waals surface area contributed by atoms with E-state index in [9.17, 15) is 18.0 Å². The zero-order valence-corrected chi connectivity index (χ0v) is 15.4. The van der Waals surface area contributed by atoms with Crippen molar-refractivity contribution in [3.8, 4) is 0 Å². The van der Waals surface area contributed by atoms with Crippen LogP contribution in [0.4, 0.5) is 13.2 Å². The van der Waals surface area contributed by atoms with E-state index >= 15 is 0 Å². The Morgan fingerprint density at radius 3 is 2.61 bits per heavy atom. The number of alkyl halides is 3. The van der Waals surface area contributed by atoms with Crippen LogP contribution in [0.2, 0.25) is 0 Å². The summed E-state index contributed by atoms with van der Waals surface area (Å²) in [4.78, 5) is 26.2. The van der Waals surface area contributed by atoms with Gasteiger partial charge in [-0.2, -0.15) is 18.3 Å². The Bertz CT molecular complexity index is 1030. The van der Waals surface area contributed by atoms with Gasteiger partial charge in [0, 0.05) is 44.0 Å². The minimum Gasteiger partial charge on any atom is -0.342 e. The molecule has 0 bridgehead atoms. The molecule has 0 atom stereocenters. The van der Waals surface area contributed by atoms with Gasteiger partial charge in [0.05, 0.1) is 5.69 Å². The first-order chi connectivity index (χ1) is 13.2. The lowest BCUT2D eigenvalue weighted by molar-refractivity contribution is -0.143. The van der Waals surface area contributed by atoms with E-state index in [-0.39, 0.29) is 11.6 Å². The fourth-order valence-electron chi connectivity index (χ4n) is 3.62. The smallest absolute Gasteiger partial charge is 0.342 e. The fourth-order valence-corrected chi connectivity index (χ4v) is 3.62. The highest BCUT2D eigenvalue weighted by Crippen LogP contribution is 2.31. The molecule has 1 saturated heterocycles. The minimum atomic E-state index is -4.54. The van der Waals surface area contributed by atoms with Gasteiger partial charge in [-0.15, -0.1) is 0 Å². The monoisotopic (exact) mass is 392 g/mol. The maximum absolute atomic E-state index is 12.9. The molecule has 1 N–H and O–H groups in total. The summed E-state index contributed by atoms with van der Waals surface area (Å²) in [5.74, 6) is -0.255. The number of aryl methyl sites for hydroxylation is 2. The van der Waals surface area contributed by atoms with E-state index in [1.54, 1.807) is 11.1 Å². The molecule has 0 unspecified atom stereocenters. The Morgan fingerprint density at radius 2 is 1.96 bits per heavy atom. The number of hydrogen-bond acceptors (Lipinski definition) is 4. The predicted octanol–water partition coefficient (Wildman–Crippen LogP) is 3.04. The van der Waals surface area contributed by atoms with Gasteiger partial charge in [0.1, 0.15) is 11.2 Å². The molecular weight excluding hydrogens is 373 g/mol. The highest BCUT2D eigenvalue weighted by molar-refractivity contribution is 5.92. The van der Waals surface area contributed by atoms with Crippen molar-refractivity contribution in [3.63, 3.8) is 0 Å². The molecule has 3 aromatic rings. The summed E-state index contributed by atoms with van der Waals surface area (Å²) >= 11 is 0. The number of nitrogens with one attached hydrogen (secondary N) is 1. The van der Waals surface area contributed by atoms with Crippen LogP contribution in [-0.4, -0.2) is 48.6 Å². The number of piperidine rings is 1. The first-order valence-corrected chi connectivity index (χ1v) is 8.95. The standard InChI is InChI=1S/C18H19F3N6O/c1-10-9-22-13-7-12(24-16(13)23-10)11-3-5-27(6-4-11)17(28)14-8-15(18(19,20)21)26(2)25-14/h7-9,11H,3-6H2,1-2H3,(H,23,24). The molecule has 0 saturated carbocycles. The molecule has 148 valence electrons. The fraction of sp³-hybridized carbons (Fsp3) is 0.444. The van der Waals surface area contributed by atoms with E-state index in [1.807, 2.05) is 13.0 Å². The van der Waals surface area contributed by atoms with E-state index < -0.39 is 17.8 Å². The second kappa shape index (κ2) is 6.61. The summed E-state index contributed by atoms with van der Waals surface area (Å²) in [6.45, 7) is 2.78. The Morgan fingerprint density at radius 1 is 1.25 bits per heavy atom. The molecule has 1 fully saturated rings. The average Bonchev–Trinajstić information content (AvgIpc) is 3.24. The summed E-state index contributed by atoms with van der Waals surface area (Å²) in [6.07, 6.45) is -1.42. The third kappa shape index (κ3) is 3.34. The zero-order valence-electron chi connectivity index (χ0n) is 15.4. The number of rotatable bonds is 2. The number of amides is 1. The first kappa shape index (κ1) is 18.5. The number of H-pyrrole nitrogens is 1. The van der Waals surface area contributed by atoms with Gasteiger partial charge in [-0.25, -0.2) is 4.98 Å². The second-order valence-corrected chi connectivity index (χ2v) is 7.07. The second-order valence-electron chi connectivity index (χ2n) is 7.07. The molecule has 0 spiro atoms. The molecule has 1 aliphatic rings. The summed E-state index contributed by atoms with van der Waals surface area (Å²) in [6, 6.07) is 2.78. The molecule has 1 aliphatic heterocycles. The van der Waals surface area contributed by atoms with E-state index in [1.165, 1.54) is 7.05 Å². The number of carbonyl (C=O) groups is 1. The van der Waals surface area contributed by atoms with Crippen LogP contribution in [0.1, 0.15) is 46.3 Å². The molecule has 3 aromatic heterocycles. The summed E-state index contributed by atoms with van der Waals surface area (Å²) in [5.41, 5.74) is 2.27. The third-order valence-electron chi connectivity index (χ3n) is 5.09. The van der Waals surface area contributed by atoms with Gasteiger partial charge in [0.15, 0.2) is 11.3 Å². The molecule has 4 rings (SSSR count). The topological polar surface area (TPSA) is 79.7 Å². The SMILES string of the molecule is Cc1cnc2cc(C3CCN(C(=O)c4cc(C(F)(F)F)n(C)n4)CC3)[nH]c2n1. The number of hydrogen-bond donors (Lipinski definition) is 1. The van der Waals surface area contributed by atoms with Gasteiger partial charge in [0.2, 0.25) is 0 Å². The number of nitrogens with zero attached hydrogens (tertiary/aromatic N) is 5. The lowest BCUT2D eigenvalue weighted by atomic mass is 9.93. The van der Waals surface area contributed by atoms with Crippen molar-refractivity contribution in [2.45, 2.75) is 31.9 Å². The zero-order chi connectivity index (χ0) is 20.1. The van der Waals surface area contributed by atoms with Crippen LogP contribution in [0.15, 0.2) is 18.3 Å². The number of aromatic nitrogens is 5. The van der Waals surface area contributed by atoms with Gasteiger partial charge < -0.3 is 9.88 Å². The molecule has 0 radical (unpaired) electrons. The third-order valence-corrected chi connectivity index (χ3v) is 5.09. The average molecular weight is 392 g/mol. The summed E-state index contributed by atoms with van der Waals surface area (Å²) < 4.78 is 39.5. The lowest BCUT2D eigenvalue weighted by Gasteiger charge is -2.31. The van der Waals surface area contributed by atoms with E-state index in [2.05, 4.69) is 20.1 Å². The highest BCUT2D eigenvalue weighted by atomic mass is 19.4. The van der Waals surface area contributed by atoms with Crippen LogP contribution >= 0.6 is 0 Å². The van der Waals surface area contributed by atoms with Gasteiger partial charge in [-0.3, -0.25) is 14.5 Å². The van der Waals surface area contributed by atoms with Crippen LogP contribution < -0.4 is 0 Å². The van der Waals surface area contributed by atoms with Crippen molar-refractivity contribution < 1.29 is 18.0 Å². The van der Waals surface area contributed by atoms with Crippen molar-refractivity contribution in [2.75, 3.05) is 13.1 Å². The summed E-state index contributed by atoms with van der Waals surface area (Å²) in [7, 11) is 1.19. The maximum atomic E-state index is 12.9. The minimum absolute atomic E-state index is 0.178. The molecular formula is C18H19F3N6O. The van der Waals surface area contributed by atoms with E-state index in [0.717, 1.165) is 28.6 Å². The first-order valence-electron chi connectivity index (χ1n) is 8.95. The van der Waals surface area contributed by atoms with Crippen molar-refractivity contribution in [2.24, 2.45) is 7.05 Å². The van der Waals surface area contributed by atoms with Crippen molar-refractivity contribution in [1.29, 1.82) is 0 Å². The van der Waals surface area contributed by atoms with Crippen molar-refractivity contribution >= 4 is 17.1 Å². The predicted molar refractivity (Wildman–Crippen MR) is 94.7 cm³/mol. The van der Waals surface area contributed by atoms with Crippen LogP contribution in [0.5, 0.6) is 0 Å². The number of fused-ring (bicyclic) bond motifs is 1. The molecule has 1 amide bonds. The number of carbonyl (C=O) groups excluding carboxylic acids is 1. The lowest BCUT2D eigenvalue weighted by Crippen LogP contribution is -2.38. The number of likely N-dealkylation sites (tertiary alicyclic amines) is 1. The van der Waals surface area contributed by atoms with Crippen LogP contribution in [0.25, 0.3) is 11.2 Å². The molecule has 0 aromatic carbocycles. The Hall–Kier alpha value is -2.91. The van der Waals surface area contributed by atoms with Gasteiger partial charge in [-0.05, 0) is 25.8 Å². The number of aromatic amines is 1. The maximum Gasteiger partial charge on any atom is 0.433 e. The van der Waals surface area contributed by atoms with E-state index in [4.69, 9.17) is 0 Å². The van der Waals surface area contributed by atoms with Crippen molar-refractivity contribution in [1.82, 2.24) is 29.6 Å². The largest absolute Gasteiger partial charge is 0.433 e. The van der Waals surface area contributed by atoms with Crippen LogP contribution in [-0.2, 0) is 13.2 Å². The normalized spacial score (nSPS) is 16.1. The molecule has 28 heavy (non-hydrogen) atoms. The van der Waals surface area contributed by atoms with Gasteiger partial charge in [0.25, 0.3) is 5.91 Å². The van der Waals surface area contributed by atoms with Gasteiger partial charge in [-0.1, -0.05) is 0 Å². The highest BCUT2D eigenvalue weighted by Gasteiger charge is 2.36. The van der Waals surface area contributed by atoms with Crippen LogP contribution in [0.3, 0.4) is 0 Å². The quantitative estimate of drug-likeness (QED) is 0.727.